The number of hydrogen-bond acceptors (Lipinski definition) is 5. The topological polar surface area (TPSA) is 81.0 Å². The largest absolute Gasteiger partial charge is 0.481 e. The van der Waals surface area contributed by atoms with Crippen LogP contribution in [0.15, 0.2) is 0 Å². The number of aliphatic carboxylic acids is 1. The van der Waals surface area contributed by atoms with E-state index in [1.54, 1.807) is 0 Å². The molecule has 3 N–H and O–H groups in total. The molecule has 0 saturated carbocycles. The summed E-state index contributed by atoms with van der Waals surface area (Å²) in [6, 6.07) is 0. The van der Waals surface area contributed by atoms with E-state index in [-0.39, 0.29) is 11.8 Å². The Morgan fingerprint density at radius 3 is 1.37 bits per heavy atom. The van der Waals surface area contributed by atoms with Crippen molar-refractivity contribution in [1.29, 1.82) is 0 Å². The van der Waals surface area contributed by atoms with Crippen molar-refractivity contribution in [2.75, 3.05) is 13.1 Å². The highest BCUT2D eigenvalue weighted by Crippen LogP contribution is 2.18. The number of hydrogen-bond donors (Lipinski definition) is 4. The normalized spacial score (nSPS) is 14.3. The van der Waals surface area contributed by atoms with E-state index >= 15 is 0 Å². The second-order valence-corrected chi connectivity index (χ2v) is 11.2. The molecule has 210 valence electrons. The maximum atomic E-state index is 10.9. The van der Waals surface area contributed by atoms with E-state index in [2.05, 4.69) is 18.7 Å². The number of carboxylic acids is 1. The third-order valence-electron chi connectivity index (χ3n) is 6.95. The van der Waals surface area contributed by atoms with Crippen molar-refractivity contribution in [1.82, 2.24) is 4.90 Å². The van der Waals surface area contributed by atoms with Gasteiger partial charge < -0.3 is 15.3 Å². The number of thiol groups is 1. The van der Waals surface area contributed by atoms with Gasteiger partial charge in [-0.1, -0.05) is 117 Å². The predicted octanol–water partition coefficient (Wildman–Crippen LogP) is 7.58. The molecule has 3 atom stereocenters. The van der Waals surface area contributed by atoms with Crippen LogP contribution in [0.2, 0.25) is 0 Å². The minimum Gasteiger partial charge on any atom is -0.481 e. The summed E-state index contributed by atoms with van der Waals surface area (Å²) in [5.74, 6) is -0.790. The molecule has 0 rings (SSSR count). The molecule has 5 nitrogen and oxygen atoms in total. The van der Waals surface area contributed by atoms with Gasteiger partial charge in [0, 0.05) is 19.5 Å². The molecule has 0 radical (unpaired) electrons. The molecule has 0 aliphatic heterocycles. The van der Waals surface area contributed by atoms with Crippen molar-refractivity contribution in [3.8, 4) is 0 Å². The van der Waals surface area contributed by atoms with Crippen LogP contribution in [0.5, 0.6) is 0 Å². The van der Waals surface area contributed by atoms with Crippen molar-refractivity contribution in [2.45, 2.75) is 166 Å². The summed E-state index contributed by atoms with van der Waals surface area (Å²) < 4.78 is 0. The molecular formula is C29H59NO4S. The molecule has 0 aliphatic carbocycles. The molecule has 0 fully saturated rings. The van der Waals surface area contributed by atoms with Gasteiger partial charge in [-0.15, -0.1) is 0 Å². The molecular weight excluding hydrogens is 458 g/mol. The molecule has 0 aliphatic rings. The molecule has 6 heteroatoms. The van der Waals surface area contributed by atoms with Gasteiger partial charge >= 0.3 is 5.97 Å². The lowest BCUT2D eigenvalue weighted by molar-refractivity contribution is -0.137. The molecule has 0 aromatic rings. The molecule has 3 unspecified atom stereocenters. The number of carbonyl (C=O) groups is 1. The third-order valence-corrected chi connectivity index (χ3v) is 7.53. The number of carboxylic acid groups (broad SMARTS) is 1. The van der Waals surface area contributed by atoms with Crippen LogP contribution in [0.1, 0.15) is 149 Å². The second-order valence-electron chi connectivity index (χ2n) is 10.6. The first-order valence-corrected chi connectivity index (χ1v) is 15.4. The lowest BCUT2D eigenvalue weighted by Gasteiger charge is -2.32. The Bertz CT molecular complexity index is 438. The van der Waals surface area contributed by atoms with Crippen LogP contribution in [0.3, 0.4) is 0 Å². The van der Waals surface area contributed by atoms with Gasteiger partial charge in [0.15, 0.2) is 0 Å². The number of rotatable bonds is 27. The zero-order valence-electron chi connectivity index (χ0n) is 23.1. The SMILES string of the molecule is CCCCCCCCCCC(O)CN(CC(O)CCCCCCCCCC)C(S)CCCC(=O)O. The van der Waals surface area contributed by atoms with Crippen LogP contribution >= 0.6 is 12.6 Å². The molecule has 35 heavy (non-hydrogen) atoms. The molecule has 0 saturated heterocycles. The van der Waals surface area contributed by atoms with E-state index in [1.165, 1.54) is 77.0 Å². The Labute approximate surface area is 222 Å². The standard InChI is InChI=1S/C29H59NO4S/c1-3-5-7-9-11-13-15-17-20-26(31)24-30(28(35)22-19-23-29(33)34)25-27(32)21-18-16-14-12-10-8-6-4-2/h26-28,31-32,35H,3-25H2,1-2H3,(H,33,34). The van der Waals surface area contributed by atoms with Gasteiger partial charge in [-0.25, -0.2) is 0 Å². The number of nitrogens with zero attached hydrogens (tertiary/aromatic N) is 1. The first-order chi connectivity index (χ1) is 16.9. The summed E-state index contributed by atoms with van der Waals surface area (Å²) in [5, 5.41) is 30.1. The van der Waals surface area contributed by atoms with Crippen molar-refractivity contribution < 1.29 is 20.1 Å². The Morgan fingerprint density at radius 2 is 1.00 bits per heavy atom. The van der Waals surface area contributed by atoms with Gasteiger partial charge in [0.25, 0.3) is 0 Å². The zero-order valence-corrected chi connectivity index (χ0v) is 24.0. The van der Waals surface area contributed by atoms with E-state index in [0.717, 1.165) is 38.5 Å². The highest BCUT2D eigenvalue weighted by atomic mass is 32.1. The van der Waals surface area contributed by atoms with Crippen LogP contribution in [-0.4, -0.2) is 56.9 Å². The Morgan fingerprint density at radius 1 is 0.629 bits per heavy atom. The summed E-state index contributed by atoms with van der Waals surface area (Å²) in [4.78, 5) is 12.9. The number of aliphatic hydroxyl groups is 2. The van der Waals surface area contributed by atoms with Gasteiger partial charge in [-0.2, -0.15) is 12.6 Å². The Balaban J connectivity index is 4.32. The zero-order chi connectivity index (χ0) is 26.2. The van der Waals surface area contributed by atoms with E-state index < -0.39 is 18.2 Å². The summed E-state index contributed by atoms with van der Waals surface area (Å²) >= 11 is 4.72. The summed E-state index contributed by atoms with van der Waals surface area (Å²) in [7, 11) is 0. The van der Waals surface area contributed by atoms with Crippen molar-refractivity contribution >= 4 is 18.6 Å². The summed E-state index contributed by atoms with van der Waals surface area (Å²) in [6.45, 7) is 5.46. The van der Waals surface area contributed by atoms with Crippen LogP contribution in [-0.2, 0) is 4.79 Å². The fourth-order valence-electron chi connectivity index (χ4n) is 4.69. The van der Waals surface area contributed by atoms with Crippen LogP contribution in [0.25, 0.3) is 0 Å². The average Bonchev–Trinajstić information content (AvgIpc) is 2.81. The lowest BCUT2D eigenvalue weighted by atomic mass is 10.0. The van der Waals surface area contributed by atoms with Crippen LogP contribution in [0.4, 0.5) is 0 Å². The maximum Gasteiger partial charge on any atom is 0.303 e. The quantitative estimate of drug-likeness (QED) is 0.0513. The Hall–Kier alpha value is -0.300. The second kappa shape index (κ2) is 25.4. The van der Waals surface area contributed by atoms with E-state index in [0.29, 0.717) is 25.9 Å². The average molecular weight is 518 g/mol. The minimum absolute atomic E-state index is 0.131. The summed E-state index contributed by atoms with van der Waals surface area (Å²) in [5.41, 5.74) is 0. The molecule has 0 spiro atoms. The van der Waals surface area contributed by atoms with Gasteiger partial charge in [-0.3, -0.25) is 9.69 Å². The van der Waals surface area contributed by atoms with Gasteiger partial charge in [0.2, 0.25) is 0 Å². The maximum absolute atomic E-state index is 10.9. The summed E-state index contributed by atoms with van der Waals surface area (Å²) in [6.07, 6.45) is 22.0. The molecule has 0 heterocycles. The van der Waals surface area contributed by atoms with Crippen LogP contribution in [0, 0.1) is 0 Å². The highest BCUT2D eigenvalue weighted by molar-refractivity contribution is 7.80. The Kier molecular flexibility index (Phi) is 25.1. The number of unbranched alkanes of at least 4 members (excludes halogenated alkanes) is 14. The van der Waals surface area contributed by atoms with Gasteiger partial charge in [0.05, 0.1) is 17.6 Å². The molecule has 0 aromatic heterocycles. The first kappa shape index (κ1) is 34.7. The molecule has 0 amide bonds. The minimum atomic E-state index is -0.790. The molecule has 0 aromatic carbocycles. The predicted molar refractivity (Wildman–Crippen MR) is 152 cm³/mol. The first-order valence-electron chi connectivity index (χ1n) is 14.9. The van der Waals surface area contributed by atoms with Crippen molar-refractivity contribution in [3.05, 3.63) is 0 Å². The van der Waals surface area contributed by atoms with Crippen molar-refractivity contribution in [2.24, 2.45) is 0 Å². The third kappa shape index (κ3) is 23.8. The van der Waals surface area contributed by atoms with Gasteiger partial charge in [0.1, 0.15) is 0 Å². The number of aliphatic hydroxyl groups excluding tert-OH is 2. The monoisotopic (exact) mass is 517 g/mol. The van der Waals surface area contributed by atoms with E-state index in [9.17, 15) is 15.0 Å². The van der Waals surface area contributed by atoms with E-state index in [4.69, 9.17) is 17.7 Å². The van der Waals surface area contributed by atoms with Gasteiger partial charge in [-0.05, 0) is 25.7 Å². The smallest absolute Gasteiger partial charge is 0.303 e. The van der Waals surface area contributed by atoms with E-state index in [1.807, 2.05) is 0 Å². The molecule has 0 bridgehead atoms. The van der Waals surface area contributed by atoms with Crippen LogP contribution < -0.4 is 0 Å². The fourth-order valence-corrected chi connectivity index (χ4v) is 5.06. The van der Waals surface area contributed by atoms with Crippen molar-refractivity contribution in [3.63, 3.8) is 0 Å². The fraction of sp³-hybridized carbons (Fsp3) is 0.966. The lowest BCUT2D eigenvalue weighted by Crippen LogP contribution is -2.42. The highest BCUT2D eigenvalue weighted by Gasteiger charge is 2.21.